The van der Waals surface area contributed by atoms with Crippen LogP contribution in [0.5, 0.6) is 0 Å². The molecule has 0 amide bonds. The molecular weight excluding hydrogens is 608 g/mol. The van der Waals surface area contributed by atoms with Gasteiger partial charge in [-0.1, -0.05) is 63.4 Å². The van der Waals surface area contributed by atoms with Gasteiger partial charge in [0.25, 0.3) is 0 Å². The molecule has 1 aliphatic carbocycles. The second-order valence-corrected chi connectivity index (χ2v) is 12.7. The van der Waals surface area contributed by atoms with Crippen LogP contribution in [0.2, 0.25) is 0 Å². The van der Waals surface area contributed by atoms with Gasteiger partial charge in [0.1, 0.15) is 18.6 Å². The highest BCUT2D eigenvalue weighted by Crippen LogP contribution is 2.68. The summed E-state index contributed by atoms with van der Waals surface area (Å²) in [6, 6.07) is 12.2. The Labute approximate surface area is 249 Å². The average Bonchev–Trinajstić information content (AvgIpc) is 3.43. The van der Waals surface area contributed by atoms with Gasteiger partial charge in [-0.05, 0) is 49.9 Å². The van der Waals surface area contributed by atoms with Gasteiger partial charge < -0.3 is 26.2 Å². The minimum Gasteiger partial charge on any atom is -1.00 e. The number of rotatable bonds is 9. The third-order valence-corrected chi connectivity index (χ3v) is 10.4. The van der Waals surface area contributed by atoms with Gasteiger partial charge >= 0.3 is 12.4 Å². The SMILES string of the molecule is CCCCCCO[C@]1(c2ccccc2)C[N@+]2(Cc3cc(C(F)(F)F)cc(C(F)(F)F)c3)C[C@@H](C)[C@@H]3CC[C@H]1[C@@]32C.[Br-]. The standard InChI is InChI=1S/C32H40F6NO.BrH/c1-4-5-6-10-15-40-30(24-11-8-7-9-12-24)21-39(19-22(2)27-13-14-28(30)29(27,39)3)20-23-16-25(31(33,34)35)18-26(17-23)32(36,37)38;/h7-9,11-12,16-18,22,27-28H,4-6,10,13-15,19-21H2,1-3H3;1H/q+1;/p-1/t22-,27+,28+,29-,30+,39-;/m1./s1. The summed E-state index contributed by atoms with van der Waals surface area (Å²) in [5.41, 5.74) is -2.27. The van der Waals surface area contributed by atoms with E-state index in [1.165, 1.54) is 0 Å². The molecule has 2 saturated heterocycles. The lowest BCUT2D eigenvalue weighted by atomic mass is 9.73. The van der Waals surface area contributed by atoms with Gasteiger partial charge in [0.05, 0.1) is 23.6 Å². The van der Waals surface area contributed by atoms with E-state index >= 15 is 0 Å². The lowest BCUT2D eigenvalue weighted by Crippen LogP contribution is -3.00. The van der Waals surface area contributed by atoms with Crippen LogP contribution in [0.25, 0.3) is 0 Å². The van der Waals surface area contributed by atoms with Gasteiger partial charge in [0.15, 0.2) is 5.60 Å². The number of quaternary nitrogens is 1. The first-order chi connectivity index (χ1) is 18.8. The van der Waals surface area contributed by atoms with E-state index in [1.54, 1.807) is 0 Å². The van der Waals surface area contributed by atoms with Crippen molar-refractivity contribution in [1.82, 2.24) is 0 Å². The Kier molecular flexibility index (Phi) is 9.06. The van der Waals surface area contributed by atoms with Crippen LogP contribution in [-0.4, -0.2) is 29.7 Å². The fraction of sp³-hybridized carbons (Fsp3) is 0.625. The van der Waals surface area contributed by atoms with Crippen LogP contribution in [0.15, 0.2) is 48.5 Å². The van der Waals surface area contributed by atoms with Crippen molar-refractivity contribution in [2.75, 3.05) is 19.7 Å². The van der Waals surface area contributed by atoms with Crippen molar-refractivity contribution in [3.63, 3.8) is 0 Å². The van der Waals surface area contributed by atoms with Gasteiger partial charge in [-0.2, -0.15) is 26.3 Å². The van der Waals surface area contributed by atoms with Crippen molar-refractivity contribution >= 4 is 0 Å². The number of halogens is 7. The number of hydrogen-bond donors (Lipinski definition) is 0. The zero-order chi connectivity index (χ0) is 29.0. The predicted molar refractivity (Wildman–Crippen MR) is 142 cm³/mol. The molecule has 2 heterocycles. The number of benzene rings is 2. The minimum atomic E-state index is -4.86. The van der Waals surface area contributed by atoms with Gasteiger partial charge in [-0.3, -0.25) is 0 Å². The van der Waals surface area contributed by atoms with Gasteiger partial charge in [0, 0.05) is 24.0 Å². The van der Waals surface area contributed by atoms with E-state index in [1.807, 2.05) is 18.2 Å². The Morgan fingerprint density at radius 1 is 0.902 bits per heavy atom. The van der Waals surface area contributed by atoms with E-state index in [-0.39, 0.29) is 46.6 Å². The van der Waals surface area contributed by atoms with E-state index in [0.717, 1.165) is 56.2 Å². The van der Waals surface area contributed by atoms with Crippen molar-refractivity contribution < 1.29 is 52.5 Å². The third-order valence-electron chi connectivity index (χ3n) is 10.4. The molecule has 228 valence electrons. The molecule has 2 nitrogen and oxygen atoms in total. The normalized spacial score (nSPS) is 32.7. The molecule has 0 bridgehead atoms. The summed E-state index contributed by atoms with van der Waals surface area (Å²) in [5, 5.41) is 0. The van der Waals surface area contributed by atoms with Crippen LogP contribution < -0.4 is 17.0 Å². The maximum Gasteiger partial charge on any atom is 0.416 e. The Hall–Kier alpha value is -1.58. The summed E-state index contributed by atoms with van der Waals surface area (Å²) in [7, 11) is 0. The number of ether oxygens (including phenoxy) is 1. The summed E-state index contributed by atoms with van der Waals surface area (Å²) in [4.78, 5) is 0. The molecule has 0 radical (unpaired) electrons. The van der Waals surface area contributed by atoms with Crippen LogP contribution in [0.4, 0.5) is 26.3 Å². The quantitative estimate of drug-likeness (QED) is 0.185. The number of nitrogens with zero attached hydrogens (tertiary/aromatic N) is 1. The van der Waals surface area contributed by atoms with E-state index < -0.39 is 29.1 Å². The maximum atomic E-state index is 13.8. The molecule has 0 aromatic heterocycles. The summed E-state index contributed by atoms with van der Waals surface area (Å²) in [6.07, 6.45) is -3.57. The Morgan fingerprint density at radius 2 is 1.54 bits per heavy atom. The molecule has 6 atom stereocenters. The van der Waals surface area contributed by atoms with Crippen molar-refractivity contribution in [3.8, 4) is 0 Å². The Morgan fingerprint density at radius 3 is 2.12 bits per heavy atom. The molecule has 0 N–H and O–H groups in total. The summed E-state index contributed by atoms with van der Waals surface area (Å²) < 4.78 is 90.0. The Balaban J connectivity index is 0.00000387. The molecule has 2 aliphatic heterocycles. The molecular formula is C32H40BrF6NO. The van der Waals surface area contributed by atoms with Crippen molar-refractivity contribution in [1.29, 1.82) is 0 Å². The molecule has 5 rings (SSSR count). The fourth-order valence-electron chi connectivity index (χ4n) is 8.88. The van der Waals surface area contributed by atoms with E-state index in [9.17, 15) is 26.3 Å². The highest BCUT2D eigenvalue weighted by molar-refractivity contribution is 5.35. The van der Waals surface area contributed by atoms with Crippen LogP contribution >= 0.6 is 0 Å². The molecule has 0 spiro atoms. The number of alkyl halides is 6. The zero-order valence-electron chi connectivity index (χ0n) is 23.9. The molecule has 2 aromatic rings. The van der Waals surface area contributed by atoms with Gasteiger partial charge in [-0.25, -0.2) is 0 Å². The zero-order valence-corrected chi connectivity index (χ0v) is 25.5. The van der Waals surface area contributed by atoms with Crippen molar-refractivity contribution in [2.24, 2.45) is 17.8 Å². The van der Waals surface area contributed by atoms with Crippen LogP contribution in [0.1, 0.15) is 81.5 Å². The fourth-order valence-corrected chi connectivity index (χ4v) is 8.88. The van der Waals surface area contributed by atoms with Gasteiger partial charge in [0.2, 0.25) is 0 Å². The topological polar surface area (TPSA) is 9.23 Å². The van der Waals surface area contributed by atoms with Crippen LogP contribution in [-0.2, 0) is 29.2 Å². The smallest absolute Gasteiger partial charge is 0.416 e. The van der Waals surface area contributed by atoms with Crippen LogP contribution in [0, 0.1) is 17.8 Å². The van der Waals surface area contributed by atoms with E-state index in [0.29, 0.717) is 36.0 Å². The molecule has 9 heteroatoms. The molecule has 1 saturated carbocycles. The molecule has 3 aliphatic rings. The summed E-state index contributed by atoms with van der Waals surface area (Å²) >= 11 is 0. The first kappa shape index (κ1) is 32.3. The first-order valence-corrected chi connectivity index (χ1v) is 14.6. The second-order valence-electron chi connectivity index (χ2n) is 12.7. The number of unbranched alkanes of at least 4 members (excludes halogenated alkanes) is 3. The predicted octanol–water partition coefficient (Wildman–Crippen LogP) is 5.99. The van der Waals surface area contributed by atoms with Crippen molar-refractivity contribution in [2.45, 2.75) is 89.3 Å². The first-order valence-electron chi connectivity index (χ1n) is 14.6. The molecule has 2 aromatic carbocycles. The minimum absolute atomic E-state index is 0. The van der Waals surface area contributed by atoms with Crippen molar-refractivity contribution in [3.05, 3.63) is 70.8 Å². The van der Waals surface area contributed by atoms with Crippen LogP contribution in [0.3, 0.4) is 0 Å². The number of hydrogen-bond acceptors (Lipinski definition) is 1. The van der Waals surface area contributed by atoms with E-state index in [2.05, 4.69) is 32.9 Å². The highest BCUT2D eigenvalue weighted by Gasteiger charge is 2.78. The highest BCUT2D eigenvalue weighted by atomic mass is 79.9. The second kappa shape index (κ2) is 11.5. The maximum absolute atomic E-state index is 13.8. The average molecular weight is 649 g/mol. The van der Waals surface area contributed by atoms with E-state index in [4.69, 9.17) is 4.74 Å². The molecule has 3 fully saturated rings. The summed E-state index contributed by atoms with van der Waals surface area (Å²) in [5.74, 6) is 0.775. The Bertz CT molecular complexity index is 1170. The third kappa shape index (κ3) is 5.48. The lowest BCUT2D eigenvalue weighted by molar-refractivity contribution is -0.968. The lowest BCUT2D eigenvalue weighted by Gasteiger charge is -2.43. The molecule has 41 heavy (non-hydrogen) atoms. The summed E-state index contributed by atoms with van der Waals surface area (Å²) in [6.45, 7) is 8.55. The molecule has 0 unspecified atom stereocenters. The van der Waals surface area contributed by atoms with Gasteiger partial charge in [-0.15, -0.1) is 0 Å². The largest absolute Gasteiger partial charge is 1.00 e. The monoisotopic (exact) mass is 647 g/mol.